The highest BCUT2D eigenvalue weighted by molar-refractivity contribution is 5.44. The molecule has 2 rings (SSSR count). The van der Waals surface area contributed by atoms with E-state index in [1.807, 2.05) is 24.3 Å². The van der Waals surface area contributed by atoms with E-state index < -0.39 is 0 Å². The molecule has 0 radical (unpaired) electrons. The molecule has 0 atom stereocenters. The van der Waals surface area contributed by atoms with Gasteiger partial charge in [-0.25, -0.2) is 0 Å². The predicted octanol–water partition coefficient (Wildman–Crippen LogP) is 3.48. The summed E-state index contributed by atoms with van der Waals surface area (Å²) in [5.74, 6) is 2.55. The van der Waals surface area contributed by atoms with E-state index in [9.17, 15) is 0 Å². The monoisotopic (exact) mass is 207 g/mol. The third-order valence-electron chi connectivity index (χ3n) is 1.98. The first-order valence-electron chi connectivity index (χ1n) is 4.77. The maximum atomic E-state index is 5.25. The summed E-state index contributed by atoms with van der Waals surface area (Å²) in [7, 11) is 0. The number of aromatic nitrogens is 1. The smallest absolute Gasteiger partial charge is 0.0887 e. The molecule has 0 aliphatic carbocycles. The Morgan fingerprint density at radius 2 is 1.44 bits per heavy atom. The molecule has 0 unspecified atom stereocenters. The molecule has 3 nitrogen and oxygen atoms in total. The van der Waals surface area contributed by atoms with E-state index in [1.165, 1.54) is 0 Å². The van der Waals surface area contributed by atoms with Crippen LogP contribution in [0, 0.1) is 12.3 Å². The maximum absolute atomic E-state index is 5.25. The van der Waals surface area contributed by atoms with Crippen molar-refractivity contribution in [3.05, 3.63) is 54.4 Å². The Balaban J connectivity index is 2.15. The minimum Gasteiger partial charge on any atom is -0.265 e. The molecule has 0 amide bonds. The van der Waals surface area contributed by atoms with Gasteiger partial charge in [-0.3, -0.25) is 4.98 Å². The van der Waals surface area contributed by atoms with Crippen LogP contribution in [0.2, 0.25) is 0 Å². The van der Waals surface area contributed by atoms with Crippen LogP contribution in [0.1, 0.15) is 5.56 Å². The number of rotatable bonds is 2. The van der Waals surface area contributed by atoms with Crippen LogP contribution in [-0.2, 0) is 0 Å². The summed E-state index contributed by atoms with van der Waals surface area (Å²) >= 11 is 0. The first-order chi connectivity index (χ1) is 7.88. The molecule has 0 N–H and O–H groups in total. The van der Waals surface area contributed by atoms with Crippen LogP contribution >= 0.6 is 0 Å². The molecule has 76 valence electrons. The van der Waals surface area contributed by atoms with Crippen molar-refractivity contribution in [2.75, 3.05) is 0 Å². The Bertz CT molecular complexity index is 521. The van der Waals surface area contributed by atoms with E-state index >= 15 is 0 Å². The van der Waals surface area contributed by atoms with Crippen molar-refractivity contribution < 1.29 is 0 Å². The van der Waals surface area contributed by atoms with Gasteiger partial charge < -0.3 is 0 Å². The normalized spacial score (nSPS) is 10.2. The Hall–Kier alpha value is -2.47. The van der Waals surface area contributed by atoms with Gasteiger partial charge in [-0.1, -0.05) is 5.92 Å². The number of pyridine rings is 1. The molecular formula is C13H9N3. The fraction of sp³-hybridized carbons (Fsp3) is 0. The second-order valence-corrected chi connectivity index (χ2v) is 3.10. The zero-order valence-electron chi connectivity index (χ0n) is 8.54. The highest BCUT2D eigenvalue weighted by atomic mass is 15.1. The third kappa shape index (κ3) is 2.52. The van der Waals surface area contributed by atoms with Gasteiger partial charge in [0.25, 0.3) is 0 Å². The summed E-state index contributed by atoms with van der Waals surface area (Å²) in [6, 6.07) is 10.9. The fourth-order valence-electron chi connectivity index (χ4n) is 1.15. The van der Waals surface area contributed by atoms with Gasteiger partial charge in [-0.15, -0.1) is 6.42 Å². The molecule has 0 aliphatic rings. The molecule has 0 saturated heterocycles. The highest BCUT2D eigenvalue weighted by Gasteiger charge is 1.90. The van der Waals surface area contributed by atoms with Gasteiger partial charge in [0.2, 0.25) is 0 Å². The summed E-state index contributed by atoms with van der Waals surface area (Å²) in [5.41, 5.74) is 2.38. The Morgan fingerprint density at radius 3 is 2.00 bits per heavy atom. The highest BCUT2D eigenvalue weighted by Crippen LogP contribution is 2.17. The van der Waals surface area contributed by atoms with E-state index in [4.69, 9.17) is 6.42 Å². The zero-order chi connectivity index (χ0) is 11.2. The van der Waals surface area contributed by atoms with Gasteiger partial charge in [-0.05, 0) is 36.4 Å². The summed E-state index contributed by atoms with van der Waals surface area (Å²) < 4.78 is 0. The second kappa shape index (κ2) is 4.85. The maximum Gasteiger partial charge on any atom is 0.0887 e. The van der Waals surface area contributed by atoms with Crippen molar-refractivity contribution >= 4 is 11.4 Å². The van der Waals surface area contributed by atoms with Crippen molar-refractivity contribution in [2.24, 2.45) is 10.2 Å². The summed E-state index contributed by atoms with van der Waals surface area (Å²) in [4.78, 5) is 3.90. The zero-order valence-corrected chi connectivity index (χ0v) is 8.54. The summed E-state index contributed by atoms with van der Waals surface area (Å²) in [6.45, 7) is 0. The Labute approximate surface area is 93.9 Å². The number of hydrogen-bond donors (Lipinski definition) is 0. The summed E-state index contributed by atoms with van der Waals surface area (Å²) in [6.07, 6.45) is 8.61. The second-order valence-electron chi connectivity index (χ2n) is 3.10. The molecule has 0 aliphatic heterocycles. The number of hydrogen-bond acceptors (Lipinski definition) is 3. The molecule has 0 saturated carbocycles. The van der Waals surface area contributed by atoms with Crippen molar-refractivity contribution in [1.29, 1.82) is 0 Å². The van der Waals surface area contributed by atoms with Gasteiger partial charge in [0.1, 0.15) is 0 Å². The molecule has 0 bridgehead atoms. The quantitative estimate of drug-likeness (QED) is 0.548. The minimum atomic E-state index is 0.774. The first kappa shape index (κ1) is 10.1. The number of azo groups is 1. The standard InChI is InChI=1S/C13H9N3/c1-2-11-3-5-12(6-4-11)15-16-13-7-9-14-10-8-13/h1,3-10H/b16-15+. The minimum absolute atomic E-state index is 0.774. The lowest BCUT2D eigenvalue weighted by Gasteiger charge is -1.93. The number of benzene rings is 1. The van der Waals surface area contributed by atoms with Gasteiger partial charge in [-0.2, -0.15) is 10.2 Å². The topological polar surface area (TPSA) is 37.6 Å². The molecule has 0 fully saturated rings. The van der Waals surface area contributed by atoms with Gasteiger partial charge >= 0.3 is 0 Å². The number of terminal acetylenes is 1. The van der Waals surface area contributed by atoms with E-state index in [2.05, 4.69) is 21.1 Å². The van der Waals surface area contributed by atoms with Gasteiger partial charge in [0.15, 0.2) is 0 Å². The van der Waals surface area contributed by atoms with Gasteiger partial charge in [0, 0.05) is 18.0 Å². The molecule has 0 spiro atoms. The van der Waals surface area contributed by atoms with E-state index in [-0.39, 0.29) is 0 Å². The molecule has 1 aromatic heterocycles. The lowest BCUT2D eigenvalue weighted by atomic mass is 10.2. The predicted molar refractivity (Wildman–Crippen MR) is 62.8 cm³/mol. The largest absolute Gasteiger partial charge is 0.265 e. The molecule has 1 aromatic carbocycles. The average molecular weight is 207 g/mol. The molecular weight excluding hydrogens is 198 g/mol. The first-order valence-corrected chi connectivity index (χ1v) is 4.77. The lowest BCUT2D eigenvalue weighted by Crippen LogP contribution is -1.70. The van der Waals surface area contributed by atoms with E-state index in [0.717, 1.165) is 16.9 Å². The molecule has 2 aromatic rings. The van der Waals surface area contributed by atoms with E-state index in [0.29, 0.717) is 0 Å². The van der Waals surface area contributed by atoms with Crippen molar-refractivity contribution in [3.8, 4) is 12.3 Å². The average Bonchev–Trinajstić information content (AvgIpc) is 2.38. The van der Waals surface area contributed by atoms with Crippen molar-refractivity contribution in [3.63, 3.8) is 0 Å². The molecule has 1 heterocycles. The van der Waals surface area contributed by atoms with Crippen LogP contribution in [-0.4, -0.2) is 4.98 Å². The number of nitrogens with zero attached hydrogens (tertiary/aromatic N) is 3. The molecule has 3 heteroatoms. The third-order valence-corrected chi connectivity index (χ3v) is 1.98. The molecule has 16 heavy (non-hydrogen) atoms. The fourth-order valence-corrected chi connectivity index (χ4v) is 1.15. The summed E-state index contributed by atoms with van der Waals surface area (Å²) in [5, 5.41) is 8.15. The van der Waals surface area contributed by atoms with Crippen LogP contribution in [0.5, 0.6) is 0 Å². The SMILES string of the molecule is C#Cc1ccc(/N=N/c2ccncc2)cc1. The lowest BCUT2D eigenvalue weighted by molar-refractivity contribution is 1.21. The van der Waals surface area contributed by atoms with Crippen LogP contribution in [0.3, 0.4) is 0 Å². The van der Waals surface area contributed by atoms with Crippen LogP contribution in [0.25, 0.3) is 0 Å². The Morgan fingerprint density at radius 1 is 0.875 bits per heavy atom. The van der Waals surface area contributed by atoms with Crippen LogP contribution in [0.4, 0.5) is 11.4 Å². The van der Waals surface area contributed by atoms with Crippen LogP contribution < -0.4 is 0 Å². The van der Waals surface area contributed by atoms with Crippen molar-refractivity contribution in [1.82, 2.24) is 4.98 Å². The van der Waals surface area contributed by atoms with Crippen molar-refractivity contribution in [2.45, 2.75) is 0 Å². The Kier molecular flexibility index (Phi) is 3.05. The van der Waals surface area contributed by atoms with E-state index in [1.54, 1.807) is 24.5 Å². The van der Waals surface area contributed by atoms with Crippen LogP contribution in [0.15, 0.2) is 59.0 Å². The van der Waals surface area contributed by atoms with Gasteiger partial charge in [0.05, 0.1) is 11.4 Å².